The van der Waals surface area contributed by atoms with E-state index in [9.17, 15) is 19.1 Å². The number of carbonyl (C=O) groups excluding carboxylic acids is 1. The van der Waals surface area contributed by atoms with Crippen LogP contribution < -0.4 is 0 Å². The molecule has 2 fully saturated rings. The Morgan fingerprint density at radius 3 is 2.68 bits per heavy atom. The smallest absolute Gasteiger partial charge is 0.308 e. The number of aliphatic carboxylic acids is 1. The van der Waals surface area contributed by atoms with Gasteiger partial charge in [0.25, 0.3) is 0 Å². The molecule has 2 atom stereocenters. The molecule has 1 aliphatic heterocycles. The highest BCUT2D eigenvalue weighted by Crippen LogP contribution is 2.41. The number of hydrogen-bond acceptors (Lipinski definition) is 2. The van der Waals surface area contributed by atoms with Crippen molar-refractivity contribution in [3.05, 3.63) is 34.6 Å². The minimum Gasteiger partial charge on any atom is -0.481 e. The Hall–Kier alpha value is -1.62. The third-order valence-corrected chi connectivity index (χ3v) is 4.77. The second kappa shape index (κ2) is 5.88. The van der Waals surface area contributed by atoms with Crippen LogP contribution in [-0.2, 0) is 9.59 Å². The molecule has 2 unspecified atom stereocenters. The highest BCUT2D eigenvalue weighted by atomic mass is 35.5. The van der Waals surface area contributed by atoms with Crippen LogP contribution in [-0.4, -0.2) is 28.4 Å². The second-order valence-corrected chi connectivity index (χ2v) is 6.50. The first-order valence-corrected chi connectivity index (χ1v) is 7.82. The van der Waals surface area contributed by atoms with Crippen LogP contribution in [0.25, 0.3) is 0 Å². The summed E-state index contributed by atoms with van der Waals surface area (Å²) in [4.78, 5) is 25.5. The largest absolute Gasteiger partial charge is 0.481 e. The van der Waals surface area contributed by atoms with Gasteiger partial charge in [0.2, 0.25) is 5.91 Å². The molecule has 6 heteroatoms. The standard InChI is InChI=1S/C16H17ClFNO3/c17-12-5-3-10(7-13(12)18)15-11(16(21)22)4-6-14(20)19(15)8-9-1-2-9/h3,5,7,9,11,15H,1-2,4,6,8H2,(H,21,22). The lowest BCUT2D eigenvalue weighted by atomic mass is 9.84. The predicted molar refractivity (Wildman–Crippen MR) is 78.9 cm³/mol. The SMILES string of the molecule is O=C(O)C1CCC(=O)N(CC2CC2)C1c1ccc(Cl)c(F)c1. The average Bonchev–Trinajstić information content (AvgIpc) is 3.28. The fourth-order valence-electron chi connectivity index (χ4n) is 3.11. The van der Waals surface area contributed by atoms with Crippen LogP contribution in [0, 0.1) is 17.7 Å². The molecule has 4 nitrogen and oxygen atoms in total. The van der Waals surface area contributed by atoms with E-state index in [1.807, 2.05) is 0 Å². The summed E-state index contributed by atoms with van der Waals surface area (Å²) in [5.41, 5.74) is 0.503. The Bertz CT molecular complexity index is 617. The Kier molecular flexibility index (Phi) is 4.08. The molecule has 2 aliphatic rings. The predicted octanol–water partition coefficient (Wildman–Crippen LogP) is 3.25. The first-order chi connectivity index (χ1) is 10.5. The van der Waals surface area contributed by atoms with Gasteiger partial charge in [-0.25, -0.2) is 4.39 Å². The topological polar surface area (TPSA) is 57.6 Å². The van der Waals surface area contributed by atoms with Crippen molar-refractivity contribution in [1.29, 1.82) is 0 Å². The summed E-state index contributed by atoms with van der Waals surface area (Å²) in [5, 5.41) is 9.48. The average molecular weight is 326 g/mol. The van der Waals surface area contributed by atoms with Crippen LogP contribution in [0.15, 0.2) is 18.2 Å². The zero-order valence-electron chi connectivity index (χ0n) is 12.0. The van der Waals surface area contributed by atoms with E-state index < -0.39 is 23.7 Å². The van der Waals surface area contributed by atoms with Crippen LogP contribution in [0.5, 0.6) is 0 Å². The maximum absolute atomic E-state index is 13.8. The van der Waals surface area contributed by atoms with Gasteiger partial charge in [-0.3, -0.25) is 9.59 Å². The number of carboxylic acids is 1. The van der Waals surface area contributed by atoms with Crippen LogP contribution >= 0.6 is 11.6 Å². The summed E-state index contributed by atoms with van der Waals surface area (Å²) in [6.45, 7) is 0.553. The monoisotopic (exact) mass is 325 g/mol. The fourth-order valence-corrected chi connectivity index (χ4v) is 3.23. The Balaban J connectivity index is 1.98. The minimum absolute atomic E-state index is 0.00787. The van der Waals surface area contributed by atoms with Gasteiger partial charge >= 0.3 is 5.97 Å². The minimum atomic E-state index is -0.950. The lowest BCUT2D eigenvalue weighted by molar-refractivity contribution is -0.152. The summed E-state index contributed by atoms with van der Waals surface area (Å²) in [7, 11) is 0. The molecule has 1 aromatic rings. The first-order valence-electron chi connectivity index (χ1n) is 7.44. The summed E-state index contributed by atoms with van der Waals surface area (Å²) in [6.07, 6.45) is 2.63. The number of hydrogen-bond donors (Lipinski definition) is 1. The molecule has 3 rings (SSSR count). The van der Waals surface area contributed by atoms with Crippen molar-refractivity contribution in [1.82, 2.24) is 4.90 Å². The molecule has 118 valence electrons. The quantitative estimate of drug-likeness (QED) is 0.924. The van der Waals surface area contributed by atoms with Gasteiger partial charge in [-0.05, 0) is 42.9 Å². The molecule has 1 aliphatic carbocycles. The van der Waals surface area contributed by atoms with E-state index in [0.717, 1.165) is 12.8 Å². The van der Waals surface area contributed by atoms with Crippen molar-refractivity contribution in [2.45, 2.75) is 31.7 Å². The fraction of sp³-hybridized carbons (Fsp3) is 0.500. The summed E-state index contributed by atoms with van der Waals surface area (Å²) < 4.78 is 13.8. The third-order valence-electron chi connectivity index (χ3n) is 4.46. The van der Waals surface area contributed by atoms with Crippen molar-refractivity contribution < 1.29 is 19.1 Å². The number of carbonyl (C=O) groups is 2. The van der Waals surface area contributed by atoms with Gasteiger partial charge < -0.3 is 10.0 Å². The Morgan fingerprint density at radius 1 is 1.36 bits per heavy atom. The van der Waals surface area contributed by atoms with Crippen LogP contribution in [0.2, 0.25) is 5.02 Å². The zero-order valence-corrected chi connectivity index (χ0v) is 12.7. The van der Waals surface area contributed by atoms with E-state index in [-0.39, 0.29) is 23.8 Å². The van der Waals surface area contributed by atoms with E-state index in [1.54, 1.807) is 11.0 Å². The van der Waals surface area contributed by atoms with E-state index in [1.165, 1.54) is 12.1 Å². The van der Waals surface area contributed by atoms with Gasteiger partial charge in [0.05, 0.1) is 17.0 Å². The van der Waals surface area contributed by atoms with E-state index in [4.69, 9.17) is 11.6 Å². The van der Waals surface area contributed by atoms with E-state index >= 15 is 0 Å². The lowest BCUT2D eigenvalue weighted by Crippen LogP contribution is -2.46. The summed E-state index contributed by atoms with van der Waals surface area (Å²) in [6, 6.07) is 3.66. The van der Waals surface area contributed by atoms with Crippen molar-refractivity contribution in [3.63, 3.8) is 0 Å². The summed E-state index contributed by atoms with van der Waals surface area (Å²) in [5.74, 6) is -1.86. The van der Waals surface area contributed by atoms with Crippen molar-refractivity contribution >= 4 is 23.5 Å². The van der Waals surface area contributed by atoms with Crippen molar-refractivity contribution in [2.24, 2.45) is 11.8 Å². The molecule has 22 heavy (non-hydrogen) atoms. The lowest BCUT2D eigenvalue weighted by Gasteiger charge is -2.40. The second-order valence-electron chi connectivity index (χ2n) is 6.09. The Morgan fingerprint density at radius 2 is 2.09 bits per heavy atom. The number of benzene rings is 1. The number of nitrogens with zero attached hydrogens (tertiary/aromatic N) is 1. The number of amides is 1. The molecule has 0 spiro atoms. The van der Waals surface area contributed by atoms with Crippen molar-refractivity contribution in [3.8, 4) is 0 Å². The van der Waals surface area contributed by atoms with E-state index in [2.05, 4.69) is 0 Å². The molecule has 0 radical (unpaired) electrons. The van der Waals surface area contributed by atoms with Gasteiger partial charge in [-0.1, -0.05) is 17.7 Å². The normalized spacial score (nSPS) is 25.4. The van der Waals surface area contributed by atoms with Gasteiger partial charge in [-0.2, -0.15) is 0 Å². The van der Waals surface area contributed by atoms with Crippen LogP contribution in [0.4, 0.5) is 4.39 Å². The van der Waals surface area contributed by atoms with Gasteiger partial charge in [0.15, 0.2) is 0 Å². The zero-order chi connectivity index (χ0) is 15.9. The Labute approximate surface area is 132 Å². The highest BCUT2D eigenvalue weighted by Gasteiger charge is 2.42. The molecule has 1 N–H and O–H groups in total. The number of halogens is 2. The third kappa shape index (κ3) is 2.95. The maximum Gasteiger partial charge on any atom is 0.308 e. The van der Waals surface area contributed by atoms with Gasteiger partial charge in [0, 0.05) is 13.0 Å². The maximum atomic E-state index is 13.8. The molecule has 0 aromatic heterocycles. The molecule has 1 saturated carbocycles. The number of piperidine rings is 1. The van der Waals surface area contributed by atoms with E-state index in [0.29, 0.717) is 18.0 Å². The molecule has 1 amide bonds. The molecule has 0 bridgehead atoms. The molecule has 1 saturated heterocycles. The number of rotatable bonds is 4. The first kappa shape index (κ1) is 15.3. The number of likely N-dealkylation sites (tertiary alicyclic amines) is 1. The van der Waals surface area contributed by atoms with Crippen LogP contribution in [0.3, 0.4) is 0 Å². The van der Waals surface area contributed by atoms with Gasteiger partial charge in [0.1, 0.15) is 5.82 Å². The summed E-state index contributed by atoms with van der Waals surface area (Å²) >= 11 is 5.71. The molecule has 1 heterocycles. The van der Waals surface area contributed by atoms with Gasteiger partial charge in [-0.15, -0.1) is 0 Å². The van der Waals surface area contributed by atoms with Crippen LogP contribution in [0.1, 0.15) is 37.3 Å². The molecule has 1 aromatic carbocycles. The molecular weight excluding hydrogens is 309 g/mol. The highest BCUT2D eigenvalue weighted by molar-refractivity contribution is 6.30. The van der Waals surface area contributed by atoms with Crippen molar-refractivity contribution in [2.75, 3.05) is 6.54 Å². The molecular formula is C16H17ClFNO3. The number of carboxylic acid groups (broad SMARTS) is 1.